The van der Waals surface area contributed by atoms with Gasteiger partial charge in [0.25, 0.3) is 0 Å². The third-order valence-corrected chi connectivity index (χ3v) is 6.14. The Kier molecular flexibility index (Phi) is 7.03. The fourth-order valence-corrected chi connectivity index (χ4v) is 4.45. The SMILES string of the molecule is O=[N+]([O-])c1c(NCCN2CCCCC2)ncnc1N1CCN(c2cccc(Cl)c2)CC1. The number of piperidine rings is 1. The van der Waals surface area contributed by atoms with Crippen molar-refractivity contribution in [3.63, 3.8) is 0 Å². The summed E-state index contributed by atoms with van der Waals surface area (Å²) in [7, 11) is 0. The molecule has 31 heavy (non-hydrogen) atoms. The molecule has 0 radical (unpaired) electrons. The summed E-state index contributed by atoms with van der Waals surface area (Å²) in [5.41, 5.74) is 1.02. The van der Waals surface area contributed by atoms with Gasteiger partial charge in [0.2, 0.25) is 11.6 Å². The molecule has 1 N–H and O–H groups in total. The summed E-state index contributed by atoms with van der Waals surface area (Å²) >= 11 is 6.11. The van der Waals surface area contributed by atoms with Crippen LogP contribution in [0.3, 0.4) is 0 Å². The van der Waals surface area contributed by atoms with E-state index in [0.29, 0.717) is 36.3 Å². The number of halogens is 1. The van der Waals surface area contributed by atoms with Gasteiger partial charge in [-0.1, -0.05) is 24.1 Å². The lowest BCUT2D eigenvalue weighted by atomic mass is 10.1. The highest BCUT2D eigenvalue weighted by molar-refractivity contribution is 6.30. The van der Waals surface area contributed by atoms with Gasteiger partial charge in [0.15, 0.2) is 0 Å². The second-order valence-electron chi connectivity index (χ2n) is 7.93. The van der Waals surface area contributed by atoms with Crippen LogP contribution in [0.15, 0.2) is 30.6 Å². The molecule has 9 nitrogen and oxygen atoms in total. The number of nitro groups is 1. The first kappa shape index (κ1) is 21.6. The van der Waals surface area contributed by atoms with E-state index < -0.39 is 0 Å². The molecule has 2 aliphatic heterocycles. The number of hydrogen-bond acceptors (Lipinski definition) is 8. The van der Waals surface area contributed by atoms with Gasteiger partial charge in [-0.25, -0.2) is 9.97 Å². The molecule has 10 heteroatoms. The van der Waals surface area contributed by atoms with Crippen molar-refractivity contribution in [3.05, 3.63) is 45.7 Å². The van der Waals surface area contributed by atoms with Crippen LogP contribution in [0.25, 0.3) is 0 Å². The third-order valence-electron chi connectivity index (χ3n) is 5.91. The van der Waals surface area contributed by atoms with Gasteiger partial charge in [0, 0.05) is 50.0 Å². The second kappa shape index (κ2) is 10.1. The molecule has 1 aromatic carbocycles. The molecule has 0 saturated carbocycles. The van der Waals surface area contributed by atoms with Crippen LogP contribution in [0.4, 0.5) is 23.0 Å². The Morgan fingerprint density at radius 3 is 2.48 bits per heavy atom. The molecule has 0 atom stereocenters. The second-order valence-corrected chi connectivity index (χ2v) is 8.37. The topological polar surface area (TPSA) is 90.7 Å². The van der Waals surface area contributed by atoms with E-state index in [-0.39, 0.29) is 10.6 Å². The van der Waals surface area contributed by atoms with E-state index in [9.17, 15) is 10.1 Å². The Morgan fingerprint density at radius 1 is 1.03 bits per heavy atom. The molecule has 0 spiro atoms. The zero-order valence-electron chi connectivity index (χ0n) is 17.5. The van der Waals surface area contributed by atoms with E-state index in [2.05, 4.69) is 25.1 Å². The lowest BCUT2D eigenvalue weighted by Gasteiger charge is -2.36. The first-order chi connectivity index (χ1) is 15.1. The molecule has 3 heterocycles. The Bertz CT molecular complexity index is 899. The average molecular weight is 446 g/mol. The molecular formula is C21H28ClN7O2. The minimum Gasteiger partial charge on any atom is -0.368 e. The van der Waals surface area contributed by atoms with E-state index in [1.165, 1.54) is 25.6 Å². The summed E-state index contributed by atoms with van der Waals surface area (Å²) in [5.74, 6) is 0.676. The van der Waals surface area contributed by atoms with Gasteiger partial charge in [-0.05, 0) is 44.1 Å². The molecular weight excluding hydrogens is 418 g/mol. The van der Waals surface area contributed by atoms with Crippen molar-refractivity contribution < 1.29 is 4.92 Å². The fraction of sp³-hybridized carbons (Fsp3) is 0.524. The molecule has 0 bridgehead atoms. The van der Waals surface area contributed by atoms with E-state index in [1.54, 1.807) is 0 Å². The molecule has 0 aliphatic carbocycles. The Balaban J connectivity index is 1.42. The maximum absolute atomic E-state index is 11.9. The van der Waals surface area contributed by atoms with E-state index in [1.807, 2.05) is 29.2 Å². The normalized spacial score (nSPS) is 17.6. The van der Waals surface area contributed by atoms with Crippen molar-refractivity contribution in [1.82, 2.24) is 14.9 Å². The van der Waals surface area contributed by atoms with E-state index in [4.69, 9.17) is 11.6 Å². The minimum absolute atomic E-state index is 0.0441. The zero-order valence-corrected chi connectivity index (χ0v) is 18.3. The Labute approximate surface area is 187 Å². The van der Waals surface area contributed by atoms with Crippen LogP contribution in [0, 0.1) is 10.1 Å². The highest BCUT2D eigenvalue weighted by atomic mass is 35.5. The van der Waals surface area contributed by atoms with Gasteiger partial charge in [0.05, 0.1) is 4.92 Å². The Hall–Kier alpha value is -2.65. The lowest BCUT2D eigenvalue weighted by Crippen LogP contribution is -2.47. The lowest BCUT2D eigenvalue weighted by molar-refractivity contribution is -0.383. The van der Waals surface area contributed by atoms with Gasteiger partial charge in [-0.15, -0.1) is 0 Å². The number of nitrogens with one attached hydrogen (secondary N) is 1. The highest BCUT2D eigenvalue weighted by Crippen LogP contribution is 2.32. The number of rotatable bonds is 7. The van der Waals surface area contributed by atoms with Gasteiger partial charge < -0.3 is 20.0 Å². The summed E-state index contributed by atoms with van der Waals surface area (Å²) in [5, 5.41) is 15.8. The number of aromatic nitrogens is 2. The van der Waals surface area contributed by atoms with Crippen LogP contribution < -0.4 is 15.1 Å². The number of benzene rings is 1. The van der Waals surface area contributed by atoms with E-state index in [0.717, 1.165) is 38.4 Å². The summed E-state index contributed by atoms with van der Waals surface area (Å²) in [4.78, 5) is 26.6. The van der Waals surface area contributed by atoms with Gasteiger partial charge in [-0.3, -0.25) is 10.1 Å². The zero-order chi connectivity index (χ0) is 21.6. The monoisotopic (exact) mass is 445 g/mol. The molecule has 4 rings (SSSR count). The molecule has 2 saturated heterocycles. The fourth-order valence-electron chi connectivity index (χ4n) is 4.26. The number of nitrogens with zero attached hydrogens (tertiary/aromatic N) is 6. The van der Waals surface area contributed by atoms with Crippen LogP contribution in [0.5, 0.6) is 0 Å². The smallest absolute Gasteiger partial charge is 0.353 e. The van der Waals surface area contributed by atoms with Crippen molar-refractivity contribution in [1.29, 1.82) is 0 Å². The first-order valence-corrected chi connectivity index (χ1v) is 11.2. The van der Waals surface area contributed by atoms with Crippen LogP contribution in [-0.4, -0.2) is 72.1 Å². The average Bonchev–Trinajstić information content (AvgIpc) is 2.79. The van der Waals surface area contributed by atoms with Crippen molar-refractivity contribution in [3.8, 4) is 0 Å². The van der Waals surface area contributed by atoms with Crippen molar-refractivity contribution in [2.45, 2.75) is 19.3 Å². The van der Waals surface area contributed by atoms with Crippen molar-refractivity contribution in [2.75, 3.05) is 67.5 Å². The van der Waals surface area contributed by atoms with Crippen LogP contribution >= 0.6 is 11.6 Å². The molecule has 1 aromatic heterocycles. The molecule has 2 fully saturated rings. The third kappa shape index (κ3) is 5.34. The standard InChI is InChI=1S/C21H28ClN7O2/c22-17-5-4-6-18(15-17)27-11-13-28(14-12-27)21-19(29(30)31)20(24-16-25-21)23-7-10-26-8-2-1-3-9-26/h4-6,15-16H,1-3,7-14H2,(H,23,24,25). The molecule has 2 aromatic rings. The number of hydrogen-bond donors (Lipinski definition) is 1. The van der Waals surface area contributed by atoms with Crippen LogP contribution in [0.1, 0.15) is 19.3 Å². The molecule has 2 aliphatic rings. The number of anilines is 3. The van der Waals surface area contributed by atoms with Crippen LogP contribution in [0.2, 0.25) is 5.02 Å². The highest BCUT2D eigenvalue weighted by Gasteiger charge is 2.29. The summed E-state index contributed by atoms with van der Waals surface area (Å²) in [6, 6.07) is 7.75. The molecule has 0 unspecified atom stereocenters. The van der Waals surface area contributed by atoms with Gasteiger partial charge in [0.1, 0.15) is 6.33 Å². The maximum Gasteiger partial charge on any atom is 0.353 e. The maximum atomic E-state index is 11.9. The van der Waals surface area contributed by atoms with E-state index >= 15 is 0 Å². The molecule has 0 amide bonds. The van der Waals surface area contributed by atoms with Crippen molar-refractivity contribution in [2.24, 2.45) is 0 Å². The predicted octanol–water partition coefficient (Wildman–Crippen LogP) is 3.26. The molecule has 166 valence electrons. The quantitative estimate of drug-likeness (QED) is 0.513. The van der Waals surface area contributed by atoms with Crippen LogP contribution in [-0.2, 0) is 0 Å². The summed E-state index contributed by atoms with van der Waals surface area (Å²) < 4.78 is 0. The Morgan fingerprint density at radius 2 is 1.77 bits per heavy atom. The predicted molar refractivity (Wildman–Crippen MR) is 123 cm³/mol. The van der Waals surface area contributed by atoms with Crippen molar-refractivity contribution >= 4 is 34.6 Å². The minimum atomic E-state index is -0.373. The number of piperazine rings is 1. The number of likely N-dealkylation sites (tertiary alicyclic amines) is 1. The summed E-state index contributed by atoms with van der Waals surface area (Å²) in [6.45, 7) is 6.41. The summed E-state index contributed by atoms with van der Waals surface area (Å²) in [6.07, 6.45) is 5.14. The van der Waals surface area contributed by atoms with Gasteiger partial charge in [-0.2, -0.15) is 0 Å². The van der Waals surface area contributed by atoms with Gasteiger partial charge >= 0.3 is 5.69 Å². The first-order valence-electron chi connectivity index (χ1n) is 10.8. The largest absolute Gasteiger partial charge is 0.368 e.